The van der Waals surface area contributed by atoms with Gasteiger partial charge in [-0.25, -0.2) is 9.78 Å². The zero-order valence-electron chi connectivity index (χ0n) is 19.1. The average Bonchev–Trinajstić information content (AvgIpc) is 3.26. The summed E-state index contributed by atoms with van der Waals surface area (Å²) in [7, 11) is 0. The van der Waals surface area contributed by atoms with Crippen molar-refractivity contribution in [3.63, 3.8) is 0 Å². The van der Waals surface area contributed by atoms with Gasteiger partial charge in [0.25, 0.3) is 5.91 Å². The van der Waals surface area contributed by atoms with E-state index in [4.69, 9.17) is 9.47 Å². The molecule has 1 unspecified atom stereocenters. The summed E-state index contributed by atoms with van der Waals surface area (Å²) in [6, 6.07) is 11.8. The number of amides is 3. The van der Waals surface area contributed by atoms with Gasteiger partial charge in [0.15, 0.2) is 17.3 Å². The number of imide groups is 1. The molecule has 174 valence electrons. The molecular formula is C25H24N4O5. The highest BCUT2D eigenvalue weighted by atomic mass is 16.6. The number of aryl methyl sites for hydroxylation is 1. The molecule has 2 aliphatic heterocycles. The van der Waals surface area contributed by atoms with E-state index in [1.165, 1.54) is 0 Å². The van der Waals surface area contributed by atoms with Gasteiger partial charge in [0, 0.05) is 23.1 Å². The summed E-state index contributed by atoms with van der Waals surface area (Å²) < 4.78 is 13.0. The Hall–Kier alpha value is -4.14. The van der Waals surface area contributed by atoms with Crippen molar-refractivity contribution in [2.24, 2.45) is 0 Å². The molecule has 9 nitrogen and oxygen atoms in total. The fraction of sp³-hybridized carbons (Fsp3) is 0.280. The van der Waals surface area contributed by atoms with Gasteiger partial charge in [-0.2, -0.15) is 0 Å². The Labute approximate surface area is 196 Å². The number of aromatic nitrogens is 2. The van der Waals surface area contributed by atoms with E-state index in [0.29, 0.717) is 47.4 Å². The van der Waals surface area contributed by atoms with Gasteiger partial charge in [0.1, 0.15) is 24.6 Å². The summed E-state index contributed by atoms with van der Waals surface area (Å²) in [6.45, 7) is 5.82. The van der Waals surface area contributed by atoms with Crippen molar-refractivity contribution in [2.75, 3.05) is 19.8 Å². The van der Waals surface area contributed by atoms with Crippen LogP contribution < -0.4 is 14.8 Å². The smallest absolute Gasteiger partial charge is 0.325 e. The summed E-state index contributed by atoms with van der Waals surface area (Å²) in [4.78, 5) is 44.7. The second-order valence-electron chi connectivity index (χ2n) is 8.54. The van der Waals surface area contributed by atoms with Crippen molar-refractivity contribution in [3.05, 3.63) is 71.2 Å². The normalized spacial score (nSPS) is 19.3. The number of Topliss-reactive ketones (excluding diaryl/α,β-unsaturated/α-hetero) is 1. The maximum Gasteiger partial charge on any atom is 0.325 e. The molecule has 4 heterocycles. The molecule has 9 heteroatoms. The van der Waals surface area contributed by atoms with E-state index in [0.717, 1.165) is 10.6 Å². The van der Waals surface area contributed by atoms with Crippen LogP contribution in [0.5, 0.6) is 11.5 Å². The first-order valence-corrected chi connectivity index (χ1v) is 11.0. The van der Waals surface area contributed by atoms with Crippen LogP contribution in [0.3, 0.4) is 0 Å². The van der Waals surface area contributed by atoms with Crippen LogP contribution in [-0.4, -0.2) is 51.9 Å². The van der Waals surface area contributed by atoms with Crippen LogP contribution in [0.4, 0.5) is 4.79 Å². The number of urea groups is 1. The number of carbonyl (C=O) groups is 3. The third-order valence-electron chi connectivity index (χ3n) is 6.31. The molecule has 0 spiro atoms. The molecule has 1 saturated heterocycles. The summed E-state index contributed by atoms with van der Waals surface area (Å²) in [5.41, 5.74) is 1.20. The monoisotopic (exact) mass is 460 g/mol. The number of nitrogens with one attached hydrogen (secondary N) is 1. The zero-order chi connectivity index (χ0) is 24.0. The first-order chi connectivity index (χ1) is 16.3. The SMILES string of the molecule is Cc1cc(C(=O)CN2C(=O)NC(C)(c3ccc4c(c3)OCCO4)C2=O)c(C)n1-c1ccccn1. The van der Waals surface area contributed by atoms with Crippen molar-refractivity contribution in [1.82, 2.24) is 19.8 Å². The Morgan fingerprint density at radius 3 is 2.59 bits per heavy atom. The van der Waals surface area contributed by atoms with E-state index < -0.39 is 17.5 Å². The number of rotatable bonds is 5. The first-order valence-electron chi connectivity index (χ1n) is 11.0. The fourth-order valence-electron chi connectivity index (χ4n) is 4.50. The van der Waals surface area contributed by atoms with Crippen LogP contribution in [0.25, 0.3) is 5.82 Å². The molecule has 5 rings (SSSR count). The highest BCUT2D eigenvalue weighted by Crippen LogP contribution is 2.37. The molecule has 34 heavy (non-hydrogen) atoms. The molecule has 1 fully saturated rings. The lowest BCUT2D eigenvalue weighted by molar-refractivity contribution is -0.130. The molecular weight excluding hydrogens is 436 g/mol. The standard InChI is InChI=1S/C25H24N4O5/c1-15-12-18(16(2)29(15)22-6-4-5-9-26-22)19(30)14-28-23(31)25(3,27-24(28)32)17-7-8-20-21(13-17)34-11-10-33-20/h4-9,12-13H,10-11,14H2,1-3H3,(H,27,32). The highest BCUT2D eigenvalue weighted by Gasteiger charge is 2.50. The van der Waals surface area contributed by atoms with Gasteiger partial charge in [0.2, 0.25) is 0 Å². The number of hydrogen-bond donors (Lipinski definition) is 1. The second kappa shape index (κ2) is 8.02. The summed E-state index contributed by atoms with van der Waals surface area (Å²) in [5.74, 6) is 0.971. The van der Waals surface area contributed by atoms with Gasteiger partial charge >= 0.3 is 6.03 Å². The molecule has 1 aromatic carbocycles. The highest BCUT2D eigenvalue weighted by molar-refractivity contribution is 6.11. The number of benzene rings is 1. The largest absolute Gasteiger partial charge is 0.486 e. The van der Waals surface area contributed by atoms with E-state index in [1.54, 1.807) is 37.4 Å². The van der Waals surface area contributed by atoms with Crippen molar-refractivity contribution in [2.45, 2.75) is 26.3 Å². The summed E-state index contributed by atoms with van der Waals surface area (Å²) in [5, 5.41) is 2.74. The minimum Gasteiger partial charge on any atom is -0.486 e. The molecule has 3 amide bonds. The quantitative estimate of drug-likeness (QED) is 0.464. The Bertz CT molecular complexity index is 1320. The Balaban J connectivity index is 1.40. The molecule has 0 radical (unpaired) electrons. The van der Waals surface area contributed by atoms with Crippen LogP contribution >= 0.6 is 0 Å². The number of ether oxygens (including phenoxy) is 2. The van der Waals surface area contributed by atoms with Gasteiger partial charge in [0.05, 0.1) is 6.54 Å². The lowest BCUT2D eigenvalue weighted by Crippen LogP contribution is -2.41. The number of fused-ring (bicyclic) bond motifs is 1. The van der Waals surface area contributed by atoms with Crippen molar-refractivity contribution >= 4 is 17.7 Å². The number of pyridine rings is 1. The van der Waals surface area contributed by atoms with Gasteiger partial charge in [-0.3, -0.25) is 14.5 Å². The predicted octanol–water partition coefficient (Wildman–Crippen LogP) is 2.91. The van der Waals surface area contributed by atoms with Crippen LogP contribution in [-0.2, 0) is 10.3 Å². The molecule has 0 aliphatic carbocycles. The predicted molar refractivity (Wildman–Crippen MR) is 122 cm³/mol. The van der Waals surface area contributed by atoms with Crippen LogP contribution in [0.15, 0.2) is 48.7 Å². The number of nitrogens with zero attached hydrogens (tertiary/aromatic N) is 3. The summed E-state index contributed by atoms with van der Waals surface area (Å²) in [6.07, 6.45) is 1.68. The van der Waals surface area contributed by atoms with E-state index in [-0.39, 0.29) is 12.3 Å². The summed E-state index contributed by atoms with van der Waals surface area (Å²) >= 11 is 0. The van der Waals surface area contributed by atoms with E-state index in [2.05, 4.69) is 10.3 Å². The molecule has 2 aliphatic rings. The van der Waals surface area contributed by atoms with Gasteiger partial charge < -0.3 is 19.4 Å². The van der Waals surface area contributed by atoms with Crippen LogP contribution in [0.1, 0.15) is 34.2 Å². The lowest BCUT2D eigenvalue weighted by atomic mass is 9.91. The zero-order valence-corrected chi connectivity index (χ0v) is 19.1. The van der Waals surface area contributed by atoms with Crippen molar-refractivity contribution < 1.29 is 23.9 Å². The maximum absolute atomic E-state index is 13.4. The van der Waals surface area contributed by atoms with Gasteiger partial charge in [-0.15, -0.1) is 0 Å². The van der Waals surface area contributed by atoms with Crippen LogP contribution in [0, 0.1) is 13.8 Å². The number of ketones is 1. The molecule has 1 N–H and O–H groups in total. The number of hydrogen-bond acceptors (Lipinski definition) is 6. The van der Waals surface area contributed by atoms with Crippen molar-refractivity contribution in [1.29, 1.82) is 0 Å². The Morgan fingerprint density at radius 1 is 1.09 bits per heavy atom. The Kier molecular flexibility index (Phi) is 5.11. The van der Waals surface area contributed by atoms with Crippen LogP contribution in [0.2, 0.25) is 0 Å². The first kappa shape index (κ1) is 21.7. The minimum absolute atomic E-state index is 0.329. The topological polar surface area (TPSA) is 103 Å². The van der Waals surface area contributed by atoms with E-state index >= 15 is 0 Å². The van der Waals surface area contributed by atoms with Gasteiger partial charge in [-0.1, -0.05) is 12.1 Å². The third-order valence-corrected chi connectivity index (χ3v) is 6.31. The Morgan fingerprint density at radius 2 is 1.85 bits per heavy atom. The third kappa shape index (κ3) is 3.40. The second-order valence-corrected chi connectivity index (χ2v) is 8.54. The molecule has 2 aromatic heterocycles. The number of carbonyl (C=O) groups excluding carboxylic acids is 3. The maximum atomic E-state index is 13.4. The molecule has 1 atom stereocenters. The van der Waals surface area contributed by atoms with Gasteiger partial charge in [-0.05, 0) is 56.7 Å². The van der Waals surface area contributed by atoms with Crippen molar-refractivity contribution in [3.8, 4) is 17.3 Å². The van der Waals surface area contributed by atoms with E-state index in [9.17, 15) is 14.4 Å². The lowest BCUT2D eigenvalue weighted by Gasteiger charge is -2.25. The molecule has 0 saturated carbocycles. The molecule has 0 bridgehead atoms. The fourth-order valence-corrected chi connectivity index (χ4v) is 4.50. The minimum atomic E-state index is -1.32. The molecule has 3 aromatic rings. The van der Waals surface area contributed by atoms with E-state index in [1.807, 2.05) is 36.6 Å². The average molecular weight is 460 g/mol.